The first kappa shape index (κ1) is 54.9. The van der Waals surface area contributed by atoms with Gasteiger partial charge in [-0.3, -0.25) is 18.6 Å². The van der Waals surface area contributed by atoms with Crippen molar-refractivity contribution in [2.75, 3.05) is 26.4 Å². The Hall–Kier alpha value is -2.15. The lowest BCUT2D eigenvalue weighted by Gasteiger charge is -2.20. The van der Waals surface area contributed by atoms with E-state index in [1.807, 2.05) is 30.4 Å². The summed E-state index contributed by atoms with van der Waals surface area (Å²) in [5.74, 6) is -0.360. The summed E-state index contributed by atoms with van der Waals surface area (Å²) in [5.41, 5.74) is 0. The highest BCUT2D eigenvalue weighted by atomic mass is 31.2. The summed E-state index contributed by atoms with van der Waals surface area (Å²) < 4.78 is 32.5. The normalized spacial score (nSPS) is 15.5. The maximum atomic E-state index is 12.6. The van der Waals surface area contributed by atoms with Gasteiger partial charge in [-0.15, -0.1) is 0 Å². The Labute approximate surface area is 344 Å². The van der Waals surface area contributed by atoms with Crippen LogP contribution in [0.2, 0.25) is 0 Å². The van der Waals surface area contributed by atoms with Gasteiger partial charge in [0.2, 0.25) is 0 Å². The fraction of sp³-hybridized carbons (Fsp3) is 0.773. The SMILES string of the molecule is CCCCC[C@H](O)/C=C/C=C\C/C=C\C=C\[C@H](O)CCCC(=O)OC[C@H](COP(=O)(O)OC[C@@H](O)CO)OC(=O)CCCCCCCCCCCCCCC(C)C. The summed E-state index contributed by atoms with van der Waals surface area (Å²) in [5, 5.41) is 38.4. The Kier molecular flexibility index (Phi) is 36.6. The zero-order valence-electron chi connectivity index (χ0n) is 35.4. The molecular weight excluding hydrogens is 751 g/mol. The van der Waals surface area contributed by atoms with E-state index in [-0.39, 0.29) is 12.8 Å². The molecule has 57 heavy (non-hydrogen) atoms. The number of carbonyl (C=O) groups excluding carboxylic acids is 2. The molecule has 13 heteroatoms. The van der Waals surface area contributed by atoms with E-state index in [0.29, 0.717) is 25.7 Å². The molecule has 0 fully saturated rings. The van der Waals surface area contributed by atoms with Gasteiger partial charge in [-0.2, -0.15) is 0 Å². The Morgan fingerprint density at radius 1 is 0.614 bits per heavy atom. The molecule has 12 nitrogen and oxygen atoms in total. The molecule has 0 aliphatic carbocycles. The number of carbonyl (C=O) groups is 2. The first-order valence-electron chi connectivity index (χ1n) is 21.7. The van der Waals surface area contributed by atoms with Crippen molar-refractivity contribution in [3.05, 3.63) is 48.6 Å². The van der Waals surface area contributed by atoms with E-state index in [4.69, 9.17) is 19.1 Å². The number of phosphoric acid groups is 1. The van der Waals surface area contributed by atoms with Gasteiger partial charge in [0.05, 0.1) is 32.0 Å². The van der Waals surface area contributed by atoms with Crippen molar-refractivity contribution in [3.8, 4) is 0 Å². The maximum Gasteiger partial charge on any atom is 0.472 e. The number of aliphatic hydroxyl groups excluding tert-OH is 4. The van der Waals surface area contributed by atoms with Crippen LogP contribution in [0.15, 0.2) is 48.6 Å². The molecule has 0 amide bonds. The van der Waals surface area contributed by atoms with Crippen LogP contribution in [-0.4, -0.2) is 88.1 Å². The minimum Gasteiger partial charge on any atom is -0.462 e. The van der Waals surface area contributed by atoms with E-state index < -0.39 is 70.6 Å². The van der Waals surface area contributed by atoms with Gasteiger partial charge in [-0.1, -0.05) is 166 Å². The lowest BCUT2D eigenvalue weighted by atomic mass is 10.0. The molecule has 0 aromatic rings. The van der Waals surface area contributed by atoms with Crippen molar-refractivity contribution in [1.82, 2.24) is 0 Å². The predicted molar refractivity (Wildman–Crippen MR) is 226 cm³/mol. The van der Waals surface area contributed by atoms with Crippen molar-refractivity contribution < 1.29 is 58.0 Å². The number of rotatable bonds is 39. The molecule has 1 unspecified atom stereocenters. The standard InChI is InChI=1S/C44H79O12P/c1-4-5-21-28-39(46)29-23-18-14-12-15-19-24-30-40(47)31-26-33-43(49)53-36-42(37-55-57(51,52)54-35-41(48)34-45)56-44(50)32-25-20-16-11-9-7-6-8-10-13-17-22-27-38(2)3/h14-15,18-19,23-24,29-30,38-42,45-48H,4-13,16-17,20-22,25-28,31-37H2,1-3H3,(H,51,52)/b18-14-,19-15-,29-23+,30-24+/t39-,40-,41-,42+/m0/s1. The third kappa shape index (κ3) is 39.1. The van der Waals surface area contributed by atoms with Gasteiger partial charge < -0.3 is 34.8 Å². The van der Waals surface area contributed by atoms with Crippen LogP contribution < -0.4 is 0 Å². The second-order valence-corrected chi connectivity index (χ2v) is 16.7. The van der Waals surface area contributed by atoms with Gasteiger partial charge in [-0.25, -0.2) is 4.57 Å². The van der Waals surface area contributed by atoms with E-state index >= 15 is 0 Å². The first-order chi connectivity index (χ1) is 27.4. The van der Waals surface area contributed by atoms with Gasteiger partial charge >= 0.3 is 19.8 Å². The monoisotopic (exact) mass is 831 g/mol. The molecule has 0 heterocycles. The van der Waals surface area contributed by atoms with Gasteiger partial charge in [0.25, 0.3) is 0 Å². The molecule has 5 N–H and O–H groups in total. The van der Waals surface area contributed by atoms with Crippen LogP contribution in [0.5, 0.6) is 0 Å². The van der Waals surface area contributed by atoms with E-state index in [1.165, 1.54) is 57.8 Å². The lowest BCUT2D eigenvalue weighted by Crippen LogP contribution is -2.30. The van der Waals surface area contributed by atoms with Gasteiger partial charge in [0.1, 0.15) is 12.7 Å². The van der Waals surface area contributed by atoms with Crippen molar-refractivity contribution in [1.29, 1.82) is 0 Å². The Morgan fingerprint density at radius 2 is 1.11 bits per heavy atom. The van der Waals surface area contributed by atoms with E-state index in [9.17, 15) is 34.4 Å². The molecular formula is C44H79O12P. The molecule has 0 aliphatic heterocycles. The number of aliphatic hydroxyl groups is 4. The molecule has 0 aromatic carbocycles. The number of esters is 2. The molecule has 0 spiro atoms. The van der Waals surface area contributed by atoms with Crippen LogP contribution in [0.1, 0.15) is 162 Å². The van der Waals surface area contributed by atoms with Gasteiger partial charge in [0, 0.05) is 12.8 Å². The highest BCUT2D eigenvalue weighted by molar-refractivity contribution is 7.47. The summed E-state index contributed by atoms with van der Waals surface area (Å²) in [6.45, 7) is 4.33. The number of ether oxygens (including phenoxy) is 2. The molecule has 5 atom stereocenters. The number of hydrogen-bond acceptors (Lipinski definition) is 11. The summed E-state index contributed by atoms with van der Waals surface area (Å²) >= 11 is 0. The highest BCUT2D eigenvalue weighted by Crippen LogP contribution is 2.43. The zero-order chi connectivity index (χ0) is 42.4. The Morgan fingerprint density at radius 3 is 1.65 bits per heavy atom. The summed E-state index contributed by atoms with van der Waals surface area (Å²) in [4.78, 5) is 35.0. The lowest BCUT2D eigenvalue weighted by molar-refractivity contribution is -0.161. The van der Waals surface area contributed by atoms with E-state index in [0.717, 1.165) is 50.9 Å². The molecule has 0 saturated carbocycles. The summed E-state index contributed by atoms with van der Waals surface area (Å²) in [6.07, 6.45) is 31.5. The minimum absolute atomic E-state index is 0.00697. The molecule has 0 aromatic heterocycles. The third-order valence-electron chi connectivity index (χ3n) is 9.12. The van der Waals surface area contributed by atoms with Gasteiger partial charge in [0.15, 0.2) is 6.10 Å². The molecule has 0 saturated heterocycles. The van der Waals surface area contributed by atoms with Crippen LogP contribution in [-0.2, 0) is 32.7 Å². The summed E-state index contributed by atoms with van der Waals surface area (Å²) in [7, 11) is -4.67. The number of unbranched alkanes of at least 4 members (excludes halogenated alkanes) is 13. The molecule has 0 bridgehead atoms. The van der Waals surface area contributed by atoms with Crippen molar-refractivity contribution in [2.24, 2.45) is 5.92 Å². The fourth-order valence-corrected chi connectivity index (χ4v) is 6.48. The highest BCUT2D eigenvalue weighted by Gasteiger charge is 2.27. The number of allylic oxidation sites excluding steroid dienone is 6. The van der Waals surface area contributed by atoms with Crippen molar-refractivity contribution >= 4 is 19.8 Å². The molecule has 0 aliphatic rings. The second-order valence-electron chi connectivity index (χ2n) is 15.3. The maximum absolute atomic E-state index is 12.6. The predicted octanol–water partition coefficient (Wildman–Crippen LogP) is 9.13. The summed E-state index contributed by atoms with van der Waals surface area (Å²) in [6, 6.07) is 0. The average Bonchev–Trinajstić information content (AvgIpc) is 3.17. The van der Waals surface area contributed by atoms with Crippen LogP contribution in [0.4, 0.5) is 0 Å². The molecule has 0 radical (unpaired) electrons. The number of phosphoric ester groups is 1. The average molecular weight is 831 g/mol. The fourth-order valence-electron chi connectivity index (χ4n) is 5.69. The zero-order valence-corrected chi connectivity index (χ0v) is 36.3. The van der Waals surface area contributed by atoms with Crippen LogP contribution >= 0.6 is 7.82 Å². The molecule has 0 rings (SSSR count). The van der Waals surface area contributed by atoms with Crippen LogP contribution in [0, 0.1) is 5.92 Å². The van der Waals surface area contributed by atoms with Crippen LogP contribution in [0.25, 0.3) is 0 Å². The number of hydrogen-bond donors (Lipinski definition) is 5. The minimum atomic E-state index is -4.67. The third-order valence-corrected chi connectivity index (χ3v) is 10.1. The van der Waals surface area contributed by atoms with Crippen molar-refractivity contribution in [3.63, 3.8) is 0 Å². The van der Waals surface area contributed by atoms with Crippen LogP contribution in [0.3, 0.4) is 0 Å². The Bertz CT molecular complexity index is 1140. The van der Waals surface area contributed by atoms with E-state index in [2.05, 4.69) is 25.3 Å². The molecule has 332 valence electrons. The van der Waals surface area contributed by atoms with Gasteiger partial charge in [-0.05, 0) is 38.0 Å². The van der Waals surface area contributed by atoms with E-state index in [1.54, 1.807) is 18.2 Å². The second kappa shape index (κ2) is 38.1. The topological polar surface area (TPSA) is 189 Å². The Balaban J connectivity index is 4.53. The quantitative estimate of drug-likeness (QED) is 0.0171. The van der Waals surface area contributed by atoms with Crippen molar-refractivity contribution in [2.45, 2.75) is 186 Å². The smallest absolute Gasteiger partial charge is 0.462 e. The largest absolute Gasteiger partial charge is 0.472 e. The first-order valence-corrected chi connectivity index (χ1v) is 23.2.